The van der Waals surface area contributed by atoms with Gasteiger partial charge >= 0.3 is 5.97 Å². The van der Waals surface area contributed by atoms with Gasteiger partial charge in [0.15, 0.2) is 0 Å². The van der Waals surface area contributed by atoms with Crippen LogP contribution in [0.1, 0.15) is 37.0 Å². The molecule has 16 heavy (non-hydrogen) atoms. The summed E-state index contributed by atoms with van der Waals surface area (Å²) in [5, 5.41) is 11.5. The Hall–Kier alpha value is -1.78. The largest absolute Gasteiger partial charge is 0.481 e. The number of amides is 1. The molecule has 1 amide bonds. The van der Waals surface area contributed by atoms with Gasteiger partial charge in [0.1, 0.15) is 6.26 Å². The number of aliphatic carboxylic acids is 1. The molecule has 0 spiro atoms. The highest BCUT2D eigenvalue weighted by molar-refractivity contribution is 5.94. The smallest absolute Gasteiger partial charge is 0.305 e. The maximum absolute atomic E-state index is 11.7. The SMILES string of the molecule is CCC(C)(CC(=O)O)NC(=O)c1ccoc1. The first-order valence-electron chi connectivity index (χ1n) is 5.03. The zero-order valence-electron chi connectivity index (χ0n) is 9.32. The average molecular weight is 225 g/mol. The molecule has 0 aliphatic rings. The van der Waals surface area contributed by atoms with Gasteiger partial charge in [-0.3, -0.25) is 9.59 Å². The fourth-order valence-electron chi connectivity index (χ4n) is 1.33. The third-order valence-electron chi connectivity index (χ3n) is 2.52. The van der Waals surface area contributed by atoms with Crippen LogP contribution in [-0.2, 0) is 4.79 Å². The first-order chi connectivity index (χ1) is 7.47. The van der Waals surface area contributed by atoms with E-state index in [0.717, 1.165) is 0 Å². The van der Waals surface area contributed by atoms with Gasteiger partial charge in [-0.2, -0.15) is 0 Å². The van der Waals surface area contributed by atoms with E-state index in [2.05, 4.69) is 5.32 Å². The van der Waals surface area contributed by atoms with E-state index >= 15 is 0 Å². The summed E-state index contributed by atoms with van der Waals surface area (Å²) in [6, 6.07) is 1.53. The maximum atomic E-state index is 11.7. The van der Waals surface area contributed by atoms with Crippen molar-refractivity contribution in [2.75, 3.05) is 0 Å². The van der Waals surface area contributed by atoms with Crippen molar-refractivity contribution in [3.8, 4) is 0 Å². The molecule has 88 valence electrons. The highest BCUT2D eigenvalue weighted by atomic mass is 16.4. The van der Waals surface area contributed by atoms with Crippen LogP contribution in [0, 0.1) is 0 Å². The quantitative estimate of drug-likeness (QED) is 0.798. The van der Waals surface area contributed by atoms with Crippen LogP contribution in [0.2, 0.25) is 0 Å². The number of carbonyl (C=O) groups excluding carboxylic acids is 1. The lowest BCUT2D eigenvalue weighted by molar-refractivity contribution is -0.138. The van der Waals surface area contributed by atoms with Gasteiger partial charge in [0.2, 0.25) is 0 Å². The van der Waals surface area contributed by atoms with Crippen LogP contribution < -0.4 is 5.32 Å². The second-order valence-corrected chi connectivity index (χ2v) is 3.95. The lowest BCUT2D eigenvalue weighted by Crippen LogP contribution is -2.46. The number of hydrogen-bond acceptors (Lipinski definition) is 3. The van der Waals surface area contributed by atoms with Crippen molar-refractivity contribution in [2.45, 2.75) is 32.2 Å². The van der Waals surface area contributed by atoms with Crippen molar-refractivity contribution in [1.82, 2.24) is 5.32 Å². The topological polar surface area (TPSA) is 79.5 Å². The molecule has 5 nitrogen and oxygen atoms in total. The Morgan fingerprint density at radius 2 is 2.25 bits per heavy atom. The molecular formula is C11H15NO4. The third-order valence-corrected chi connectivity index (χ3v) is 2.52. The number of rotatable bonds is 5. The summed E-state index contributed by atoms with van der Waals surface area (Å²) in [4.78, 5) is 22.4. The molecule has 1 atom stereocenters. The summed E-state index contributed by atoms with van der Waals surface area (Å²) in [5.74, 6) is -1.25. The zero-order valence-corrected chi connectivity index (χ0v) is 9.32. The maximum Gasteiger partial charge on any atom is 0.305 e. The molecular weight excluding hydrogens is 210 g/mol. The van der Waals surface area contributed by atoms with Crippen LogP contribution in [0.15, 0.2) is 23.0 Å². The van der Waals surface area contributed by atoms with Gasteiger partial charge in [-0.25, -0.2) is 0 Å². The van der Waals surface area contributed by atoms with Crippen molar-refractivity contribution < 1.29 is 19.1 Å². The molecule has 1 unspecified atom stereocenters. The standard InChI is InChI=1S/C11H15NO4/c1-3-11(2,6-9(13)14)12-10(15)8-4-5-16-7-8/h4-5,7H,3,6H2,1-2H3,(H,12,15)(H,13,14). The van der Waals surface area contributed by atoms with Crippen LogP contribution in [0.4, 0.5) is 0 Å². The minimum absolute atomic E-state index is 0.104. The van der Waals surface area contributed by atoms with Gasteiger partial charge < -0.3 is 14.8 Å². The average Bonchev–Trinajstić information content (AvgIpc) is 2.69. The molecule has 0 aliphatic carbocycles. The summed E-state index contributed by atoms with van der Waals surface area (Å²) >= 11 is 0. The predicted molar refractivity (Wildman–Crippen MR) is 57.1 cm³/mol. The highest BCUT2D eigenvalue weighted by Crippen LogP contribution is 2.15. The van der Waals surface area contributed by atoms with Gasteiger partial charge in [0, 0.05) is 5.54 Å². The summed E-state index contributed by atoms with van der Waals surface area (Å²) in [5.41, 5.74) is -0.342. The molecule has 0 aliphatic heterocycles. The Kier molecular flexibility index (Phi) is 3.71. The Bertz CT molecular complexity index is 371. The van der Waals surface area contributed by atoms with E-state index < -0.39 is 11.5 Å². The zero-order chi connectivity index (χ0) is 12.2. The second-order valence-electron chi connectivity index (χ2n) is 3.95. The van der Waals surface area contributed by atoms with Gasteiger partial charge in [0.25, 0.3) is 5.91 Å². The predicted octanol–water partition coefficient (Wildman–Crippen LogP) is 1.65. The van der Waals surface area contributed by atoms with Crippen LogP contribution >= 0.6 is 0 Å². The van der Waals surface area contributed by atoms with Crippen molar-refractivity contribution in [1.29, 1.82) is 0 Å². The Morgan fingerprint density at radius 1 is 1.56 bits per heavy atom. The van der Waals surface area contributed by atoms with Crippen molar-refractivity contribution in [2.24, 2.45) is 0 Å². The molecule has 0 radical (unpaired) electrons. The van der Waals surface area contributed by atoms with E-state index in [9.17, 15) is 9.59 Å². The Labute approximate surface area is 93.4 Å². The van der Waals surface area contributed by atoms with E-state index in [1.54, 1.807) is 6.92 Å². The fraction of sp³-hybridized carbons (Fsp3) is 0.455. The number of carboxylic acid groups (broad SMARTS) is 1. The molecule has 0 saturated carbocycles. The molecule has 1 rings (SSSR count). The van der Waals surface area contributed by atoms with Gasteiger partial charge in [0.05, 0.1) is 18.2 Å². The first-order valence-corrected chi connectivity index (χ1v) is 5.03. The number of hydrogen-bond donors (Lipinski definition) is 2. The number of furan rings is 1. The lowest BCUT2D eigenvalue weighted by Gasteiger charge is -2.27. The molecule has 0 bridgehead atoms. The van der Waals surface area contributed by atoms with Gasteiger partial charge in [-0.15, -0.1) is 0 Å². The summed E-state index contributed by atoms with van der Waals surface area (Å²) in [6.45, 7) is 3.54. The molecule has 1 aromatic heterocycles. The molecule has 0 aromatic carbocycles. The Balaban J connectivity index is 2.70. The van der Waals surface area contributed by atoms with Crippen LogP contribution in [0.3, 0.4) is 0 Å². The number of carboxylic acids is 1. The first kappa shape index (κ1) is 12.3. The van der Waals surface area contributed by atoms with E-state index in [4.69, 9.17) is 9.52 Å². The second kappa shape index (κ2) is 4.83. The van der Waals surface area contributed by atoms with E-state index in [-0.39, 0.29) is 12.3 Å². The minimum Gasteiger partial charge on any atom is -0.481 e. The van der Waals surface area contributed by atoms with Gasteiger partial charge in [-0.1, -0.05) is 6.92 Å². The van der Waals surface area contributed by atoms with Crippen molar-refractivity contribution in [3.05, 3.63) is 24.2 Å². The van der Waals surface area contributed by atoms with Crippen LogP contribution in [0.5, 0.6) is 0 Å². The summed E-state index contributed by atoms with van der Waals surface area (Å²) < 4.78 is 4.79. The van der Waals surface area contributed by atoms with Crippen molar-refractivity contribution in [3.63, 3.8) is 0 Å². The molecule has 1 heterocycles. The third kappa shape index (κ3) is 3.12. The monoisotopic (exact) mass is 225 g/mol. The van der Waals surface area contributed by atoms with E-state index in [1.165, 1.54) is 18.6 Å². The molecule has 1 aromatic rings. The molecule has 2 N–H and O–H groups in total. The molecule has 0 fully saturated rings. The number of carbonyl (C=O) groups is 2. The molecule has 0 saturated heterocycles. The van der Waals surface area contributed by atoms with Crippen LogP contribution in [0.25, 0.3) is 0 Å². The minimum atomic E-state index is -0.933. The van der Waals surface area contributed by atoms with Crippen molar-refractivity contribution >= 4 is 11.9 Å². The number of nitrogens with one attached hydrogen (secondary N) is 1. The van der Waals surface area contributed by atoms with Crippen LogP contribution in [-0.4, -0.2) is 22.5 Å². The fourth-order valence-corrected chi connectivity index (χ4v) is 1.33. The molecule has 5 heteroatoms. The van der Waals surface area contributed by atoms with E-state index in [1.807, 2.05) is 6.92 Å². The van der Waals surface area contributed by atoms with E-state index in [0.29, 0.717) is 12.0 Å². The summed E-state index contributed by atoms with van der Waals surface area (Å²) in [6.07, 6.45) is 3.16. The highest BCUT2D eigenvalue weighted by Gasteiger charge is 2.28. The Morgan fingerprint density at radius 3 is 2.69 bits per heavy atom. The van der Waals surface area contributed by atoms with Gasteiger partial charge in [-0.05, 0) is 19.4 Å². The normalized spacial score (nSPS) is 14.1. The summed E-state index contributed by atoms with van der Waals surface area (Å²) in [7, 11) is 0. The lowest BCUT2D eigenvalue weighted by atomic mass is 9.94.